The number of hydrogen-bond acceptors (Lipinski definition) is 6. The lowest BCUT2D eigenvalue weighted by atomic mass is 9.80. The van der Waals surface area contributed by atoms with Gasteiger partial charge in [-0.05, 0) is 13.1 Å². The van der Waals surface area contributed by atoms with Crippen molar-refractivity contribution in [2.75, 3.05) is 20.1 Å². The van der Waals surface area contributed by atoms with Crippen LogP contribution in [0.3, 0.4) is 0 Å². The number of nitrogens with zero attached hydrogens (tertiary/aromatic N) is 1. The average molecular weight is 299 g/mol. The fourth-order valence-electron chi connectivity index (χ4n) is 2.20. The summed E-state index contributed by atoms with van der Waals surface area (Å²) in [4.78, 5) is 25.0. The highest BCUT2D eigenvalue weighted by Gasteiger charge is 2.35. The van der Waals surface area contributed by atoms with Crippen LogP contribution in [0.1, 0.15) is 0 Å². The van der Waals surface area contributed by atoms with Gasteiger partial charge in [-0.3, -0.25) is 14.5 Å². The Morgan fingerprint density at radius 3 is 2.32 bits per heavy atom. The molecule has 112 valence electrons. The van der Waals surface area contributed by atoms with Gasteiger partial charge in [0.25, 0.3) is 0 Å². The third-order valence-electron chi connectivity index (χ3n) is 3.23. The molecule has 0 N–H and O–H groups in total. The molecule has 22 heavy (non-hydrogen) atoms. The number of carbonyl (C=O) groups excluding carboxylic acids is 2. The molecule has 0 bridgehead atoms. The van der Waals surface area contributed by atoms with Crippen LogP contribution in [-0.4, -0.2) is 44.1 Å². The predicted octanol–water partition coefficient (Wildman–Crippen LogP) is 0.674. The molecule has 0 saturated carbocycles. The fourth-order valence-corrected chi connectivity index (χ4v) is 2.20. The van der Waals surface area contributed by atoms with E-state index >= 15 is 0 Å². The Hall–Kier alpha value is -2.54. The van der Waals surface area contributed by atoms with Crippen molar-refractivity contribution < 1.29 is 23.3 Å². The van der Waals surface area contributed by atoms with Crippen LogP contribution in [-0.2, 0) is 18.9 Å². The third-order valence-corrected chi connectivity index (χ3v) is 3.23. The number of carbonyl (C=O) groups is 2. The summed E-state index contributed by atoms with van der Waals surface area (Å²) in [5.41, 5.74) is 1.38. The molecule has 0 radical (unpaired) electrons. The smallest absolute Gasteiger partial charge is 0.494 e. The molecule has 1 aromatic heterocycles. The quantitative estimate of drug-likeness (QED) is 0.759. The van der Waals surface area contributed by atoms with E-state index in [1.54, 1.807) is 13.1 Å². The summed E-state index contributed by atoms with van der Waals surface area (Å²) in [6.07, 6.45) is 1.43. The maximum absolute atomic E-state index is 11.7. The monoisotopic (exact) mass is 299 g/mol. The molecule has 0 aliphatic carbocycles. The second kappa shape index (κ2) is 6.07. The molecule has 1 aliphatic heterocycles. The van der Waals surface area contributed by atoms with Crippen molar-refractivity contribution in [2.45, 2.75) is 0 Å². The number of benzene rings is 1. The van der Waals surface area contributed by atoms with Crippen LogP contribution in [0.15, 0.2) is 47.1 Å². The first-order chi connectivity index (χ1) is 10.6. The topological polar surface area (TPSA) is 69.0 Å². The Morgan fingerprint density at radius 2 is 1.68 bits per heavy atom. The SMILES string of the molecule is CN1CC(=O)OB(c2coc(-c3ccccc3)c2)OC(=O)C1. The number of hydrogen-bond donors (Lipinski definition) is 0. The second-order valence-corrected chi connectivity index (χ2v) is 5.09. The van der Waals surface area contributed by atoms with Crippen molar-refractivity contribution in [3.63, 3.8) is 0 Å². The van der Waals surface area contributed by atoms with E-state index in [0.717, 1.165) is 5.56 Å². The molecule has 0 atom stereocenters. The normalized spacial score (nSPS) is 16.7. The summed E-state index contributed by atoms with van der Waals surface area (Å²) in [5, 5.41) is 0. The highest BCUT2D eigenvalue weighted by Crippen LogP contribution is 2.18. The minimum Gasteiger partial charge on any atom is -0.494 e. The molecular formula is C15H14BNO5. The van der Waals surface area contributed by atoms with E-state index in [1.165, 1.54) is 11.2 Å². The van der Waals surface area contributed by atoms with E-state index < -0.39 is 19.1 Å². The Labute approximate surface area is 127 Å². The van der Waals surface area contributed by atoms with Gasteiger partial charge in [0.15, 0.2) is 0 Å². The summed E-state index contributed by atoms with van der Waals surface area (Å²) in [6, 6.07) is 11.2. The Morgan fingerprint density at radius 1 is 1.05 bits per heavy atom. The number of rotatable bonds is 2. The minimum atomic E-state index is -1.07. The molecule has 6 nitrogen and oxygen atoms in total. The van der Waals surface area contributed by atoms with Gasteiger partial charge < -0.3 is 13.7 Å². The van der Waals surface area contributed by atoms with E-state index in [-0.39, 0.29) is 13.1 Å². The largest absolute Gasteiger partial charge is 0.639 e. The zero-order valence-electron chi connectivity index (χ0n) is 12.0. The van der Waals surface area contributed by atoms with E-state index in [4.69, 9.17) is 13.7 Å². The first-order valence-corrected chi connectivity index (χ1v) is 6.83. The van der Waals surface area contributed by atoms with Gasteiger partial charge in [0.2, 0.25) is 0 Å². The van der Waals surface area contributed by atoms with Crippen LogP contribution in [0, 0.1) is 0 Å². The molecule has 1 aromatic carbocycles. The van der Waals surface area contributed by atoms with Crippen LogP contribution in [0.5, 0.6) is 0 Å². The van der Waals surface area contributed by atoms with Gasteiger partial charge in [-0.2, -0.15) is 0 Å². The van der Waals surface area contributed by atoms with Gasteiger partial charge in [0.05, 0.1) is 24.8 Å². The Bertz CT molecular complexity index is 664. The summed E-state index contributed by atoms with van der Waals surface area (Å²) in [7, 11) is 0.573. The lowest BCUT2D eigenvalue weighted by Crippen LogP contribution is -2.47. The van der Waals surface area contributed by atoms with Crippen molar-refractivity contribution in [1.29, 1.82) is 0 Å². The summed E-state index contributed by atoms with van der Waals surface area (Å²) in [6.45, 7) is 0.0734. The van der Waals surface area contributed by atoms with Gasteiger partial charge in [-0.1, -0.05) is 30.3 Å². The van der Waals surface area contributed by atoms with E-state index in [2.05, 4.69) is 0 Å². The molecule has 0 amide bonds. The summed E-state index contributed by atoms with van der Waals surface area (Å²) in [5.74, 6) is -0.299. The minimum absolute atomic E-state index is 0.0367. The molecule has 2 heterocycles. The van der Waals surface area contributed by atoms with Crippen molar-refractivity contribution in [3.05, 3.63) is 42.7 Å². The van der Waals surface area contributed by atoms with E-state index in [1.807, 2.05) is 30.3 Å². The van der Waals surface area contributed by atoms with Crippen LogP contribution in [0.2, 0.25) is 0 Å². The van der Waals surface area contributed by atoms with Crippen molar-refractivity contribution in [1.82, 2.24) is 4.90 Å². The second-order valence-electron chi connectivity index (χ2n) is 5.09. The first-order valence-electron chi connectivity index (χ1n) is 6.83. The lowest BCUT2D eigenvalue weighted by molar-refractivity contribution is -0.145. The fraction of sp³-hybridized carbons (Fsp3) is 0.200. The molecule has 0 unspecified atom stereocenters. The van der Waals surface area contributed by atoms with Gasteiger partial charge in [0, 0.05) is 5.56 Å². The first kappa shape index (κ1) is 14.4. The highest BCUT2D eigenvalue weighted by atomic mass is 16.6. The van der Waals surface area contributed by atoms with Gasteiger partial charge in [-0.15, -0.1) is 0 Å². The zero-order valence-corrected chi connectivity index (χ0v) is 12.0. The van der Waals surface area contributed by atoms with Crippen LogP contribution < -0.4 is 5.46 Å². The van der Waals surface area contributed by atoms with Crippen molar-refractivity contribution >= 4 is 24.5 Å². The molecule has 1 saturated heterocycles. The molecule has 1 fully saturated rings. The van der Waals surface area contributed by atoms with Gasteiger partial charge in [-0.25, -0.2) is 0 Å². The molecule has 3 rings (SSSR count). The molecule has 0 spiro atoms. The van der Waals surface area contributed by atoms with E-state index in [0.29, 0.717) is 11.2 Å². The molecular weight excluding hydrogens is 285 g/mol. The average Bonchev–Trinajstić information content (AvgIpc) is 2.95. The van der Waals surface area contributed by atoms with E-state index in [9.17, 15) is 9.59 Å². The molecule has 7 heteroatoms. The number of likely N-dealkylation sites (N-methyl/N-ethyl adjacent to an activating group) is 1. The van der Waals surface area contributed by atoms with Crippen LogP contribution in [0.4, 0.5) is 0 Å². The van der Waals surface area contributed by atoms with Crippen molar-refractivity contribution in [3.8, 4) is 11.3 Å². The maximum atomic E-state index is 11.7. The summed E-state index contributed by atoms with van der Waals surface area (Å²) < 4.78 is 15.8. The van der Waals surface area contributed by atoms with Crippen LogP contribution >= 0.6 is 0 Å². The predicted molar refractivity (Wildman–Crippen MR) is 79.2 cm³/mol. The van der Waals surface area contributed by atoms with Gasteiger partial charge in [0.1, 0.15) is 5.76 Å². The Balaban J connectivity index is 1.82. The number of furan rings is 1. The standard InChI is InChI=1S/C15H14BNO5/c1-17-8-14(18)21-16(22-15(19)9-17)12-7-13(20-10-12)11-5-3-2-4-6-11/h2-7,10H,8-9H2,1H3. The summed E-state index contributed by atoms with van der Waals surface area (Å²) >= 11 is 0. The lowest BCUT2D eigenvalue weighted by Gasteiger charge is -2.21. The maximum Gasteiger partial charge on any atom is 0.639 e. The van der Waals surface area contributed by atoms with Gasteiger partial charge >= 0.3 is 19.1 Å². The zero-order chi connectivity index (χ0) is 15.5. The highest BCUT2D eigenvalue weighted by molar-refractivity contribution is 6.64. The molecule has 2 aromatic rings. The third kappa shape index (κ3) is 3.20. The van der Waals surface area contributed by atoms with Crippen LogP contribution in [0.25, 0.3) is 11.3 Å². The molecule has 1 aliphatic rings. The van der Waals surface area contributed by atoms with Crippen molar-refractivity contribution in [2.24, 2.45) is 0 Å². The Kier molecular flexibility index (Phi) is 3.97.